The van der Waals surface area contributed by atoms with E-state index in [4.69, 9.17) is 0 Å². The first-order valence-corrected chi connectivity index (χ1v) is 13.2. The Morgan fingerprint density at radius 1 is 1.03 bits per heavy atom. The summed E-state index contributed by atoms with van der Waals surface area (Å²) in [7, 11) is 0. The van der Waals surface area contributed by atoms with E-state index in [2.05, 4.69) is 41.2 Å². The molecule has 2 nitrogen and oxygen atoms in total. The van der Waals surface area contributed by atoms with E-state index in [0.29, 0.717) is 34.0 Å². The molecule has 0 heterocycles. The number of allylic oxidation sites excluding steroid dienone is 2. The number of rotatable bonds is 5. The van der Waals surface area contributed by atoms with Gasteiger partial charge >= 0.3 is 0 Å². The maximum absolute atomic E-state index is 10.5. The standard InChI is InChI=1S/C29H48O2/c1-18(2)25(30)11-8-19(3)21-12-16-29(7)24-10-9-22-20(4)26(31)14-15-27(22,5)23(24)13-17-28(21,29)6/h19-22,25-26,30-31H,1,8-17H2,2-7H3/t19-,20+,21-,22+,25?,26+,27+,28-,29+/m1/s1. The highest BCUT2D eigenvalue weighted by Gasteiger charge is 2.62. The third kappa shape index (κ3) is 3.41. The van der Waals surface area contributed by atoms with Crippen molar-refractivity contribution in [2.24, 2.45) is 39.9 Å². The summed E-state index contributed by atoms with van der Waals surface area (Å²) < 4.78 is 0. The van der Waals surface area contributed by atoms with Crippen LogP contribution in [0.25, 0.3) is 0 Å². The average molecular weight is 429 g/mol. The molecule has 31 heavy (non-hydrogen) atoms. The molecular weight excluding hydrogens is 380 g/mol. The van der Waals surface area contributed by atoms with Crippen LogP contribution in [0.3, 0.4) is 0 Å². The van der Waals surface area contributed by atoms with Gasteiger partial charge in [0.25, 0.3) is 0 Å². The lowest BCUT2D eigenvalue weighted by molar-refractivity contribution is -0.0414. The van der Waals surface area contributed by atoms with Crippen LogP contribution in [0, 0.1) is 39.9 Å². The molecule has 0 saturated heterocycles. The third-order valence-corrected chi connectivity index (χ3v) is 11.5. The number of aliphatic hydroxyl groups is 2. The van der Waals surface area contributed by atoms with Crippen molar-refractivity contribution in [3.63, 3.8) is 0 Å². The van der Waals surface area contributed by atoms with Crippen molar-refractivity contribution in [1.82, 2.24) is 0 Å². The summed E-state index contributed by atoms with van der Waals surface area (Å²) in [5.74, 6) is 2.49. The number of hydrogen-bond acceptors (Lipinski definition) is 2. The monoisotopic (exact) mass is 428 g/mol. The van der Waals surface area contributed by atoms with E-state index in [1.54, 1.807) is 0 Å². The molecule has 4 aliphatic rings. The fraction of sp³-hybridized carbons (Fsp3) is 0.862. The Hall–Kier alpha value is -0.600. The van der Waals surface area contributed by atoms with Crippen molar-refractivity contribution < 1.29 is 10.2 Å². The smallest absolute Gasteiger partial charge is 0.0744 e. The molecule has 0 aliphatic heterocycles. The topological polar surface area (TPSA) is 40.5 Å². The summed E-state index contributed by atoms with van der Waals surface area (Å²) in [6, 6.07) is 0. The average Bonchev–Trinajstić information content (AvgIpc) is 3.00. The van der Waals surface area contributed by atoms with Crippen LogP contribution in [0.2, 0.25) is 0 Å². The lowest BCUT2D eigenvalue weighted by Gasteiger charge is -2.60. The Labute approximate surface area is 191 Å². The highest BCUT2D eigenvalue weighted by Crippen LogP contribution is 2.71. The highest BCUT2D eigenvalue weighted by molar-refractivity contribution is 5.38. The second-order valence-corrected chi connectivity index (χ2v) is 12.8. The van der Waals surface area contributed by atoms with E-state index in [0.717, 1.165) is 30.8 Å². The summed E-state index contributed by atoms with van der Waals surface area (Å²) in [6.07, 6.45) is 11.4. The Kier molecular flexibility index (Phi) is 6.09. The zero-order valence-electron chi connectivity index (χ0n) is 21.1. The highest BCUT2D eigenvalue weighted by atomic mass is 16.3. The largest absolute Gasteiger partial charge is 0.393 e. The Balaban J connectivity index is 1.60. The first-order valence-electron chi connectivity index (χ1n) is 13.2. The van der Waals surface area contributed by atoms with Gasteiger partial charge in [-0.1, -0.05) is 57.9 Å². The lowest BCUT2D eigenvalue weighted by Crippen LogP contribution is -2.51. The summed E-state index contributed by atoms with van der Waals surface area (Å²) in [5.41, 5.74) is 5.57. The first kappa shape index (κ1) is 23.6. The van der Waals surface area contributed by atoms with E-state index in [9.17, 15) is 10.2 Å². The molecule has 4 aliphatic carbocycles. The van der Waals surface area contributed by atoms with Gasteiger partial charge in [-0.05, 0) is 111 Å². The van der Waals surface area contributed by atoms with Gasteiger partial charge in [0.1, 0.15) is 0 Å². The molecule has 0 aromatic heterocycles. The van der Waals surface area contributed by atoms with Crippen molar-refractivity contribution in [3.8, 4) is 0 Å². The van der Waals surface area contributed by atoms with Crippen LogP contribution in [0.15, 0.2) is 23.3 Å². The van der Waals surface area contributed by atoms with E-state index >= 15 is 0 Å². The molecule has 1 unspecified atom stereocenters. The maximum atomic E-state index is 10.5. The van der Waals surface area contributed by atoms with Gasteiger partial charge in [0.05, 0.1) is 12.2 Å². The minimum absolute atomic E-state index is 0.101. The molecule has 2 N–H and O–H groups in total. The van der Waals surface area contributed by atoms with Crippen LogP contribution in [0.5, 0.6) is 0 Å². The van der Waals surface area contributed by atoms with Crippen molar-refractivity contribution in [1.29, 1.82) is 0 Å². The van der Waals surface area contributed by atoms with Crippen molar-refractivity contribution in [3.05, 3.63) is 23.3 Å². The number of fused-ring (bicyclic) bond motifs is 4. The third-order valence-electron chi connectivity index (χ3n) is 11.5. The molecule has 0 bridgehead atoms. The van der Waals surface area contributed by atoms with Gasteiger partial charge < -0.3 is 10.2 Å². The molecule has 0 radical (unpaired) electrons. The first-order chi connectivity index (χ1) is 14.5. The fourth-order valence-corrected chi connectivity index (χ4v) is 9.12. The Morgan fingerprint density at radius 2 is 1.74 bits per heavy atom. The van der Waals surface area contributed by atoms with E-state index in [1.807, 2.05) is 18.1 Å². The van der Waals surface area contributed by atoms with Gasteiger partial charge in [0, 0.05) is 0 Å². The quantitative estimate of drug-likeness (QED) is 0.460. The molecule has 4 rings (SSSR count). The van der Waals surface area contributed by atoms with E-state index < -0.39 is 0 Å². The number of aliphatic hydroxyl groups excluding tert-OH is 2. The van der Waals surface area contributed by atoms with Crippen LogP contribution in [0.4, 0.5) is 0 Å². The van der Waals surface area contributed by atoms with Crippen LogP contribution < -0.4 is 0 Å². The molecule has 2 heteroatoms. The normalized spacial score (nSPS) is 46.7. The van der Waals surface area contributed by atoms with Gasteiger partial charge in [-0.3, -0.25) is 0 Å². The molecule has 2 fully saturated rings. The summed E-state index contributed by atoms with van der Waals surface area (Å²) >= 11 is 0. The second-order valence-electron chi connectivity index (χ2n) is 12.8. The van der Waals surface area contributed by atoms with Gasteiger partial charge in [-0.2, -0.15) is 0 Å². The van der Waals surface area contributed by atoms with Gasteiger partial charge in [-0.15, -0.1) is 0 Å². The summed E-state index contributed by atoms with van der Waals surface area (Å²) in [6.45, 7) is 18.4. The predicted octanol–water partition coefficient (Wildman–Crippen LogP) is 7.06. The predicted molar refractivity (Wildman–Crippen MR) is 130 cm³/mol. The molecule has 0 amide bonds. The molecule has 176 valence electrons. The zero-order valence-corrected chi connectivity index (χ0v) is 21.1. The Morgan fingerprint density at radius 3 is 2.42 bits per heavy atom. The molecule has 9 atom stereocenters. The maximum Gasteiger partial charge on any atom is 0.0744 e. The number of hydrogen-bond donors (Lipinski definition) is 2. The summed E-state index contributed by atoms with van der Waals surface area (Å²) in [4.78, 5) is 0. The minimum Gasteiger partial charge on any atom is -0.393 e. The SMILES string of the molecule is C=C(C)C(O)CC[C@@H](C)[C@H]1CC[C@@]2(C)C3=C(CC[C@]12C)[C@@]1(C)CC[C@H](O)[C@@H](C)[C@@H]1CC3. The zero-order chi connectivity index (χ0) is 22.8. The summed E-state index contributed by atoms with van der Waals surface area (Å²) in [5, 5.41) is 20.8. The van der Waals surface area contributed by atoms with Crippen LogP contribution >= 0.6 is 0 Å². The molecule has 0 aromatic carbocycles. The molecule has 0 aromatic rings. The molecular formula is C29H48O2. The van der Waals surface area contributed by atoms with Crippen molar-refractivity contribution in [2.75, 3.05) is 0 Å². The van der Waals surface area contributed by atoms with Crippen LogP contribution in [0.1, 0.15) is 106 Å². The van der Waals surface area contributed by atoms with Crippen LogP contribution in [-0.4, -0.2) is 22.4 Å². The Bertz CT molecular complexity index is 752. The van der Waals surface area contributed by atoms with E-state index in [-0.39, 0.29) is 12.2 Å². The van der Waals surface area contributed by atoms with Gasteiger partial charge in [0.2, 0.25) is 0 Å². The minimum atomic E-state index is -0.345. The van der Waals surface area contributed by atoms with Crippen molar-refractivity contribution >= 4 is 0 Å². The second kappa shape index (κ2) is 8.01. The van der Waals surface area contributed by atoms with Crippen LogP contribution in [-0.2, 0) is 0 Å². The van der Waals surface area contributed by atoms with Gasteiger partial charge in [0.15, 0.2) is 0 Å². The van der Waals surface area contributed by atoms with Gasteiger partial charge in [-0.25, -0.2) is 0 Å². The lowest BCUT2D eigenvalue weighted by atomic mass is 9.45. The fourth-order valence-electron chi connectivity index (χ4n) is 9.12. The molecule has 0 spiro atoms. The van der Waals surface area contributed by atoms with E-state index in [1.165, 1.54) is 44.9 Å². The van der Waals surface area contributed by atoms with Crippen molar-refractivity contribution in [2.45, 2.75) is 118 Å². The molecule has 2 saturated carbocycles.